The first-order valence-electron chi connectivity index (χ1n) is 5.05. The number of hydrogen-bond donors (Lipinski definition) is 1. The molecule has 2 nitrogen and oxygen atoms in total. The summed E-state index contributed by atoms with van der Waals surface area (Å²) in [5, 5.41) is 2.96. The minimum absolute atomic E-state index is 0.318. The molecular weight excluding hydrogens is 224 g/mol. The van der Waals surface area contributed by atoms with Gasteiger partial charge < -0.3 is 10.1 Å². The van der Waals surface area contributed by atoms with Gasteiger partial charge in [-0.05, 0) is 36.4 Å². The minimum atomic E-state index is -0.365. The van der Waals surface area contributed by atoms with Gasteiger partial charge in [-0.25, -0.2) is 8.78 Å². The van der Waals surface area contributed by atoms with E-state index in [2.05, 4.69) is 5.32 Å². The van der Waals surface area contributed by atoms with Gasteiger partial charge in [0.25, 0.3) is 0 Å². The molecule has 0 saturated heterocycles. The molecule has 0 aromatic heterocycles. The van der Waals surface area contributed by atoms with E-state index in [4.69, 9.17) is 4.74 Å². The van der Waals surface area contributed by atoms with Gasteiger partial charge in [-0.15, -0.1) is 0 Å². The van der Waals surface area contributed by atoms with Gasteiger partial charge >= 0.3 is 0 Å². The van der Waals surface area contributed by atoms with Gasteiger partial charge in [0.2, 0.25) is 0 Å². The Hall–Kier alpha value is -2.10. The van der Waals surface area contributed by atoms with Crippen molar-refractivity contribution in [1.82, 2.24) is 0 Å². The van der Waals surface area contributed by atoms with Crippen LogP contribution in [0.4, 0.5) is 20.2 Å². The summed E-state index contributed by atoms with van der Waals surface area (Å²) in [7, 11) is 1.50. The highest BCUT2D eigenvalue weighted by molar-refractivity contribution is 5.66. The van der Waals surface area contributed by atoms with E-state index in [1.54, 1.807) is 12.1 Å². The molecule has 0 amide bonds. The van der Waals surface area contributed by atoms with E-state index in [0.29, 0.717) is 17.1 Å². The number of ether oxygens (including phenoxy) is 1. The lowest BCUT2D eigenvalue weighted by molar-refractivity contribution is 0.416. The molecule has 0 bridgehead atoms. The summed E-state index contributed by atoms with van der Waals surface area (Å²) in [6.07, 6.45) is 0. The Kier molecular flexibility index (Phi) is 3.23. The van der Waals surface area contributed by atoms with Gasteiger partial charge in [0.05, 0.1) is 12.8 Å². The summed E-state index contributed by atoms with van der Waals surface area (Å²) in [5.41, 5.74) is 1.16. The Labute approximate surface area is 97.8 Å². The summed E-state index contributed by atoms with van der Waals surface area (Å²) < 4.78 is 30.9. The third-order valence-electron chi connectivity index (χ3n) is 2.28. The largest absolute Gasteiger partial charge is 0.495 e. The fourth-order valence-electron chi connectivity index (χ4n) is 1.47. The molecule has 0 unspecified atom stereocenters. The maximum Gasteiger partial charge on any atom is 0.142 e. The fraction of sp³-hybridized carbons (Fsp3) is 0.0769. The summed E-state index contributed by atoms with van der Waals surface area (Å²) in [6, 6.07) is 9.96. The van der Waals surface area contributed by atoms with E-state index in [1.807, 2.05) is 0 Å². The Balaban J connectivity index is 2.28. The second-order valence-corrected chi connectivity index (χ2v) is 3.48. The SMILES string of the molecule is COc1ccc(F)cc1Nc1ccc(F)cc1. The lowest BCUT2D eigenvalue weighted by Gasteiger charge is -2.11. The molecule has 88 valence electrons. The van der Waals surface area contributed by atoms with Crippen LogP contribution in [0.1, 0.15) is 0 Å². The van der Waals surface area contributed by atoms with Crippen molar-refractivity contribution in [3.63, 3.8) is 0 Å². The molecule has 4 heteroatoms. The van der Waals surface area contributed by atoms with Crippen LogP contribution >= 0.6 is 0 Å². The maximum atomic E-state index is 13.1. The number of rotatable bonds is 3. The van der Waals surface area contributed by atoms with Crippen molar-refractivity contribution in [3.8, 4) is 5.75 Å². The fourth-order valence-corrected chi connectivity index (χ4v) is 1.47. The molecule has 0 fully saturated rings. The first kappa shape index (κ1) is 11.4. The predicted molar refractivity (Wildman–Crippen MR) is 62.6 cm³/mol. The van der Waals surface area contributed by atoms with Crippen LogP contribution in [0.3, 0.4) is 0 Å². The molecule has 0 aliphatic carbocycles. The van der Waals surface area contributed by atoms with E-state index in [9.17, 15) is 8.78 Å². The number of methoxy groups -OCH3 is 1. The van der Waals surface area contributed by atoms with Crippen molar-refractivity contribution in [2.45, 2.75) is 0 Å². The molecule has 1 N–H and O–H groups in total. The highest BCUT2D eigenvalue weighted by Gasteiger charge is 2.04. The molecule has 0 radical (unpaired) electrons. The van der Waals surface area contributed by atoms with Gasteiger partial charge in [-0.3, -0.25) is 0 Å². The van der Waals surface area contributed by atoms with Crippen LogP contribution in [0.2, 0.25) is 0 Å². The van der Waals surface area contributed by atoms with Gasteiger partial charge in [-0.1, -0.05) is 0 Å². The summed E-state index contributed by atoms with van der Waals surface area (Å²) >= 11 is 0. The lowest BCUT2D eigenvalue weighted by Crippen LogP contribution is -1.95. The van der Waals surface area contributed by atoms with Crippen LogP contribution < -0.4 is 10.1 Å². The monoisotopic (exact) mass is 235 g/mol. The quantitative estimate of drug-likeness (QED) is 0.875. The molecule has 0 saturated carbocycles. The third-order valence-corrected chi connectivity index (χ3v) is 2.28. The smallest absolute Gasteiger partial charge is 0.142 e. The second kappa shape index (κ2) is 4.82. The second-order valence-electron chi connectivity index (χ2n) is 3.48. The Morgan fingerprint density at radius 3 is 2.24 bits per heavy atom. The zero-order valence-electron chi connectivity index (χ0n) is 9.21. The normalized spacial score (nSPS) is 10.1. The van der Waals surface area contributed by atoms with Crippen molar-refractivity contribution in [2.24, 2.45) is 0 Å². The number of hydrogen-bond acceptors (Lipinski definition) is 2. The average molecular weight is 235 g/mol. The van der Waals surface area contributed by atoms with Gasteiger partial charge in [0, 0.05) is 11.8 Å². The zero-order chi connectivity index (χ0) is 12.3. The Morgan fingerprint density at radius 1 is 0.941 bits per heavy atom. The minimum Gasteiger partial charge on any atom is -0.495 e. The van der Waals surface area contributed by atoms with E-state index >= 15 is 0 Å². The molecule has 0 atom stereocenters. The molecule has 0 spiro atoms. The van der Waals surface area contributed by atoms with Gasteiger partial charge in [-0.2, -0.15) is 0 Å². The van der Waals surface area contributed by atoms with E-state index in [1.165, 1.54) is 37.4 Å². The van der Waals surface area contributed by atoms with Crippen LogP contribution in [0.25, 0.3) is 0 Å². The van der Waals surface area contributed by atoms with Crippen LogP contribution in [0.5, 0.6) is 5.75 Å². The van der Waals surface area contributed by atoms with Crippen LogP contribution in [-0.2, 0) is 0 Å². The van der Waals surface area contributed by atoms with Crippen molar-refractivity contribution in [2.75, 3.05) is 12.4 Å². The molecule has 2 rings (SSSR count). The summed E-state index contributed by atoms with van der Waals surface area (Å²) in [4.78, 5) is 0. The Bertz CT molecular complexity index is 511. The van der Waals surface area contributed by atoms with Crippen LogP contribution in [0.15, 0.2) is 42.5 Å². The molecule has 17 heavy (non-hydrogen) atoms. The van der Waals surface area contributed by atoms with Crippen molar-refractivity contribution >= 4 is 11.4 Å². The molecule has 0 heterocycles. The van der Waals surface area contributed by atoms with Crippen molar-refractivity contribution in [1.29, 1.82) is 0 Å². The average Bonchev–Trinajstić information content (AvgIpc) is 2.32. The van der Waals surface area contributed by atoms with Crippen LogP contribution in [-0.4, -0.2) is 7.11 Å². The number of anilines is 2. The standard InChI is InChI=1S/C13H11F2NO/c1-17-13-7-4-10(15)8-12(13)16-11-5-2-9(14)3-6-11/h2-8,16H,1H3. The Morgan fingerprint density at radius 2 is 1.59 bits per heavy atom. The van der Waals surface area contributed by atoms with E-state index in [-0.39, 0.29) is 11.6 Å². The number of halogens is 2. The highest BCUT2D eigenvalue weighted by Crippen LogP contribution is 2.28. The van der Waals surface area contributed by atoms with Gasteiger partial charge in [0.1, 0.15) is 17.4 Å². The molecule has 2 aromatic rings. The summed E-state index contributed by atoms with van der Waals surface area (Å²) in [5.74, 6) is -0.159. The first-order chi connectivity index (χ1) is 8.19. The van der Waals surface area contributed by atoms with Crippen molar-refractivity contribution in [3.05, 3.63) is 54.1 Å². The number of benzene rings is 2. The van der Waals surface area contributed by atoms with Gasteiger partial charge in [0.15, 0.2) is 0 Å². The van der Waals surface area contributed by atoms with Crippen LogP contribution in [0, 0.1) is 11.6 Å². The predicted octanol–water partition coefficient (Wildman–Crippen LogP) is 3.72. The van der Waals surface area contributed by atoms with E-state index in [0.717, 1.165) is 0 Å². The molecule has 0 aliphatic rings. The molecule has 0 aliphatic heterocycles. The molecular formula is C13H11F2NO. The highest BCUT2D eigenvalue weighted by atomic mass is 19.1. The zero-order valence-corrected chi connectivity index (χ0v) is 9.21. The number of nitrogens with one attached hydrogen (secondary N) is 1. The topological polar surface area (TPSA) is 21.3 Å². The van der Waals surface area contributed by atoms with Crippen molar-refractivity contribution < 1.29 is 13.5 Å². The molecule has 2 aromatic carbocycles. The maximum absolute atomic E-state index is 13.1. The third kappa shape index (κ3) is 2.72. The summed E-state index contributed by atoms with van der Waals surface area (Å²) in [6.45, 7) is 0. The first-order valence-corrected chi connectivity index (χ1v) is 5.05. The van der Waals surface area contributed by atoms with E-state index < -0.39 is 0 Å². The lowest BCUT2D eigenvalue weighted by atomic mass is 10.2.